The van der Waals surface area contributed by atoms with E-state index in [9.17, 15) is 8.78 Å². The summed E-state index contributed by atoms with van der Waals surface area (Å²) in [5.74, 6) is 0.466. The molecule has 0 saturated carbocycles. The first-order chi connectivity index (χ1) is 13.1. The number of rotatable bonds is 4. The monoisotopic (exact) mass is 371 g/mol. The minimum atomic E-state index is -0.670. The average Bonchev–Trinajstić information content (AvgIpc) is 3.10. The van der Waals surface area contributed by atoms with Gasteiger partial charge in [0.05, 0.1) is 5.69 Å². The Bertz CT molecular complexity index is 930. The Hall–Kier alpha value is -3.07. The lowest BCUT2D eigenvalue weighted by atomic mass is 10.2. The second-order valence-corrected chi connectivity index (χ2v) is 6.39. The molecule has 0 radical (unpaired) electrons. The molecule has 1 aliphatic heterocycles. The molecule has 0 atom stereocenters. The molecule has 1 aromatic carbocycles. The second kappa shape index (κ2) is 7.28. The van der Waals surface area contributed by atoms with Gasteiger partial charge in [0.25, 0.3) is 0 Å². The normalized spacial score (nSPS) is 14.4. The molecule has 7 nitrogen and oxygen atoms in total. The predicted molar refractivity (Wildman–Crippen MR) is 98.6 cm³/mol. The van der Waals surface area contributed by atoms with Gasteiger partial charge < -0.3 is 15.5 Å². The number of hydrogen-bond donors (Lipinski definition) is 2. The lowest BCUT2D eigenvalue weighted by molar-refractivity contribution is 0.580. The van der Waals surface area contributed by atoms with Crippen LogP contribution in [0.3, 0.4) is 0 Å². The zero-order chi connectivity index (χ0) is 18.8. The van der Waals surface area contributed by atoms with Gasteiger partial charge in [-0.05, 0) is 36.8 Å². The number of nitrogens with one attached hydrogen (secondary N) is 2. The highest BCUT2D eigenvalue weighted by Crippen LogP contribution is 2.20. The number of halogens is 2. The molecular formula is C18H19F2N7. The van der Waals surface area contributed by atoms with Crippen molar-refractivity contribution in [2.24, 2.45) is 0 Å². The highest BCUT2D eigenvalue weighted by molar-refractivity contribution is 5.55. The fraction of sp³-hybridized carbons (Fsp3) is 0.278. The summed E-state index contributed by atoms with van der Waals surface area (Å²) in [6, 6.07) is 7.13. The van der Waals surface area contributed by atoms with E-state index >= 15 is 0 Å². The van der Waals surface area contributed by atoms with Crippen LogP contribution in [0.5, 0.6) is 0 Å². The zero-order valence-electron chi connectivity index (χ0n) is 14.8. The van der Waals surface area contributed by atoms with Crippen LogP contribution in [0.2, 0.25) is 0 Å². The molecule has 1 fully saturated rings. The number of nitrogens with zero attached hydrogens (tertiary/aromatic N) is 5. The van der Waals surface area contributed by atoms with E-state index in [0.717, 1.165) is 43.6 Å². The van der Waals surface area contributed by atoms with Gasteiger partial charge >= 0.3 is 0 Å². The molecule has 3 heterocycles. The van der Waals surface area contributed by atoms with Gasteiger partial charge in [0.2, 0.25) is 5.95 Å². The van der Waals surface area contributed by atoms with Crippen molar-refractivity contribution >= 4 is 17.6 Å². The maximum atomic E-state index is 13.4. The third-order valence-electron chi connectivity index (χ3n) is 4.24. The van der Waals surface area contributed by atoms with E-state index in [0.29, 0.717) is 11.8 Å². The van der Waals surface area contributed by atoms with E-state index in [1.165, 1.54) is 23.1 Å². The number of pyridine rings is 1. The molecule has 0 bridgehead atoms. The summed E-state index contributed by atoms with van der Waals surface area (Å²) < 4.78 is 28.1. The highest BCUT2D eigenvalue weighted by Gasteiger charge is 2.14. The smallest absolute Gasteiger partial charge is 0.248 e. The van der Waals surface area contributed by atoms with Crippen LogP contribution in [-0.2, 0) is 0 Å². The predicted octanol–water partition coefficient (Wildman–Crippen LogP) is 2.40. The molecule has 0 aliphatic carbocycles. The van der Waals surface area contributed by atoms with Crippen molar-refractivity contribution in [3.63, 3.8) is 0 Å². The van der Waals surface area contributed by atoms with Gasteiger partial charge in [-0.15, -0.1) is 5.10 Å². The molecule has 3 aromatic rings. The van der Waals surface area contributed by atoms with Crippen molar-refractivity contribution in [2.45, 2.75) is 6.92 Å². The number of benzene rings is 1. The lowest BCUT2D eigenvalue weighted by Crippen LogP contribution is -2.43. The first-order valence-corrected chi connectivity index (χ1v) is 8.66. The van der Waals surface area contributed by atoms with Crippen LogP contribution in [-0.4, -0.2) is 45.9 Å². The molecule has 0 amide bonds. The average molecular weight is 371 g/mol. The van der Waals surface area contributed by atoms with E-state index < -0.39 is 11.6 Å². The minimum absolute atomic E-state index is 0.256. The summed E-state index contributed by atoms with van der Waals surface area (Å²) in [6.07, 6.45) is 1.39. The topological polar surface area (TPSA) is 70.9 Å². The molecule has 0 unspecified atom stereocenters. The molecule has 2 aromatic heterocycles. The van der Waals surface area contributed by atoms with E-state index in [1.54, 1.807) is 0 Å². The fourth-order valence-electron chi connectivity index (χ4n) is 3.00. The molecule has 1 saturated heterocycles. The second-order valence-electron chi connectivity index (χ2n) is 6.39. The largest absolute Gasteiger partial charge is 0.354 e. The van der Waals surface area contributed by atoms with Gasteiger partial charge in [-0.1, -0.05) is 0 Å². The summed E-state index contributed by atoms with van der Waals surface area (Å²) in [5.41, 5.74) is 1.32. The van der Waals surface area contributed by atoms with Crippen molar-refractivity contribution in [1.29, 1.82) is 0 Å². The third kappa shape index (κ3) is 4.03. The quantitative estimate of drug-likeness (QED) is 0.734. The van der Waals surface area contributed by atoms with Crippen molar-refractivity contribution in [3.8, 4) is 5.69 Å². The van der Waals surface area contributed by atoms with Crippen LogP contribution in [0.25, 0.3) is 5.69 Å². The third-order valence-corrected chi connectivity index (χ3v) is 4.24. The summed E-state index contributed by atoms with van der Waals surface area (Å²) >= 11 is 0. The van der Waals surface area contributed by atoms with Gasteiger partial charge in [-0.25, -0.2) is 18.4 Å². The molecule has 9 heteroatoms. The highest BCUT2D eigenvalue weighted by atomic mass is 19.1. The van der Waals surface area contributed by atoms with E-state index in [1.807, 2.05) is 19.1 Å². The molecule has 0 spiro atoms. The van der Waals surface area contributed by atoms with Crippen molar-refractivity contribution in [3.05, 3.63) is 53.9 Å². The van der Waals surface area contributed by atoms with Crippen LogP contribution in [0.1, 0.15) is 5.56 Å². The van der Waals surface area contributed by atoms with E-state index in [-0.39, 0.29) is 5.69 Å². The number of hydrogen-bond acceptors (Lipinski definition) is 6. The maximum absolute atomic E-state index is 13.4. The van der Waals surface area contributed by atoms with Crippen LogP contribution in [0.15, 0.2) is 36.7 Å². The Balaban J connectivity index is 1.56. The Kier molecular flexibility index (Phi) is 4.68. The number of anilines is 3. The molecular weight excluding hydrogens is 352 g/mol. The molecule has 4 rings (SSSR count). The van der Waals surface area contributed by atoms with Crippen molar-refractivity contribution in [1.82, 2.24) is 25.1 Å². The fourth-order valence-corrected chi connectivity index (χ4v) is 3.00. The molecule has 1 aliphatic rings. The number of aromatic nitrogens is 4. The lowest BCUT2D eigenvalue weighted by Gasteiger charge is -2.28. The SMILES string of the molecule is Cc1cc(Nc2ncn(-c3cc(F)cc(F)c3)n2)nc(N2CCNCC2)c1. The van der Waals surface area contributed by atoms with Crippen LogP contribution in [0, 0.1) is 18.6 Å². The number of piperazine rings is 1. The van der Waals surface area contributed by atoms with E-state index in [4.69, 9.17) is 0 Å². The summed E-state index contributed by atoms with van der Waals surface area (Å²) in [5, 5.41) is 10.6. The Morgan fingerprint density at radius 1 is 1.04 bits per heavy atom. The van der Waals surface area contributed by atoms with Crippen LogP contribution < -0.4 is 15.5 Å². The molecule has 2 N–H and O–H groups in total. The molecule has 140 valence electrons. The van der Waals surface area contributed by atoms with Crippen LogP contribution in [0.4, 0.5) is 26.4 Å². The Morgan fingerprint density at radius 3 is 2.52 bits per heavy atom. The van der Waals surface area contributed by atoms with Crippen molar-refractivity contribution < 1.29 is 8.78 Å². The van der Waals surface area contributed by atoms with Gasteiger partial charge in [0, 0.05) is 32.2 Å². The maximum Gasteiger partial charge on any atom is 0.248 e. The van der Waals surface area contributed by atoms with Crippen molar-refractivity contribution in [2.75, 3.05) is 36.4 Å². The Morgan fingerprint density at radius 2 is 1.78 bits per heavy atom. The summed E-state index contributed by atoms with van der Waals surface area (Å²) in [4.78, 5) is 11.0. The van der Waals surface area contributed by atoms with Gasteiger partial charge in [0.1, 0.15) is 29.6 Å². The summed E-state index contributed by atoms with van der Waals surface area (Å²) in [6.45, 7) is 5.64. The van der Waals surface area contributed by atoms with Gasteiger partial charge in [0.15, 0.2) is 0 Å². The Labute approximate surface area is 155 Å². The minimum Gasteiger partial charge on any atom is -0.354 e. The summed E-state index contributed by atoms with van der Waals surface area (Å²) in [7, 11) is 0. The van der Waals surface area contributed by atoms with Crippen LogP contribution >= 0.6 is 0 Å². The van der Waals surface area contributed by atoms with Gasteiger partial charge in [-0.3, -0.25) is 0 Å². The first kappa shape index (κ1) is 17.3. The number of aryl methyl sites for hydroxylation is 1. The molecule has 27 heavy (non-hydrogen) atoms. The first-order valence-electron chi connectivity index (χ1n) is 8.66. The van der Waals surface area contributed by atoms with Gasteiger partial charge in [-0.2, -0.15) is 4.98 Å². The van der Waals surface area contributed by atoms with E-state index in [2.05, 4.69) is 30.6 Å². The zero-order valence-corrected chi connectivity index (χ0v) is 14.8. The standard InChI is InChI=1S/C18H19F2N7/c1-12-6-16(23-17(7-12)26-4-2-21-3-5-26)24-18-22-11-27(25-18)15-9-13(19)8-14(20)10-15/h6-11,21H,2-5H2,1H3,(H,23,24,25).